The molecule has 0 radical (unpaired) electrons. The van der Waals surface area contributed by atoms with Crippen molar-refractivity contribution < 1.29 is 23.2 Å². The average molecular weight is 333 g/mol. The summed E-state index contributed by atoms with van der Waals surface area (Å²) in [5, 5.41) is 8.73. The van der Waals surface area contributed by atoms with Crippen LogP contribution >= 0.6 is 0 Å². The van der Waals surface area contributed by atoms with Gasteiger partial charge in [0.2, 0.25) is 0 Å². The van der Waals surface area contributed by atoms with Crippen molar-refractivity contribution in [2.24, 2.45) is 0 Å². The molecule has 5 nitrogen and oxygen atoms in total. The minimum atomic E-state index is -2.49. The summed E-state index contributed by atoms with van der Waals surface area (Å²) in [5.41, 5.74) is 0.301. The number of hydrogen-bond donors (Lipinski definition) is 1. The van der Waals surface area contributed by atoms with Crippen molar-refractivity contribution in [3.8, 4) is 0 Å². The monoisotopic (exact) mass is 332 g/mol. The summed E-state index contributed by atoms with van der Waals surface area (Å²) in [6.07, 6.45) is 5.68. The van der Waals surface area contributed by atoms with Gasteiger partial charge in [0.15, 0.2) is 0 Å². The molecule has 0 amide bonds. The van der Waals surface area contributed by atoms with E-state index in [4.69, 9.17) is 18.4 Å². The molecular weight excluding hydrogens is 300 g/mol. The molecule has 0 aromatic heterocycles. The number of carboxylic acids is 1. The fourth-order valence-electron chi connectivity index (χ4n) is 2.32. The zero-order chi connectivity index (χ0) is 16.8. The molecule has 0 saturated heterocycles. The number of carboxylic acid groups (broad SMARTS) is 1. The molecule has 6 heteroatoms. The Bertz CT molecular complexity index is 303. The fraction of sp³-hybridized carbons (Fsp3) is 0.812. The van der Waals surface area contributed by atoms with Gasteiger partial charge in [-0.15, -0.1) is 0 Å². The standard InChI is InChI=1S/C16H32O5Si/c1-5-19-22(20-6-2,21-7-3)14-12-10-8-9-11-13-15(4)16(17)18/h4-14H2,1-3H3,(H,17,18). The van der Waals surface area contributed by atoms with Gasteiger partial charge in [0.1, 0.15) is 0 Å². The Morgan fingerprint density at radius 1 is 0.909 bits per heavy atom. The normalized spacial score (nSPS) is 11.6. The first-order valence-corrected chi connectivity index (χ1v) is 10.3. The molecule has 0 fully saturated rings. The second kappa shape index (κ2) is 12.8. The molecule has 0 unspecified atom stereocenters. The van der Waals surface area contributed by atoms with Crippen LogP contribution in [0.25, 0.3) is 0 Å². The van der Waals surface area contributed by atoms with Gasteiger partial charge in [0, 0.05) is 31.4 Å². The smallest absolute Gasteiger partial charge is 0.478 e. The third-order valence-electron chi connectivity index (χ3n) is 3.36. The van der Waals surface area contributed by atoms with Crippen molar-refractivity contribution in [2.75, 3.05) is 19.8 Å². The average Bonchev–Trinajstić information content (AvgIpc) is 2.46. The van der Waals surface area contributed by atoms with Gasteiger partial charge in [-0.05, 0) is 40.0 Å². The van der Waals surface area contributed by atoms with Crippen molar-refractivity contribution in [1.82, 2.24) is 0 Å². The van der Waals surface area contributed by atoms with Crippen LogP contribution in [0, 0.1) is 0 Å². The second-order valence-corrected chi connectivity index (χ2v) is 7.89. The Hall–Kier alpha value is -0.693. The lowest BCUT2D eigenvalue weighted by molar-refractivity contribution is -0.132. The van der Waals surface area contributed by atoms with Crippen LogP contribution < -0.4 is 0 Å². The van der Waals surface area contributed by atoms with E-state index < -0.39 is 14.8 Å². The number of rotatable bonds is 15. The molecule has 1 N–H and O–H groups in total. The van der Waals surface area contributed by atoms with E-state index in [-0.39, 0.29) is 0 Å². The molecule has 0 heterocycles. The third kappa shape index (κ3) is 9.35. The summed E-state index contributed by atoms with van der Waals surface area (Å²) in [6, 6.07) is 0.852. The van der Waals surface area contributed by atoms with Crippen LogP contribution in [0.3, 0.4) is 0 Å². The molecule has 130 valence electrons. The Balaban J connectivity index is 3.92. The van der Waals surface area contributed by atoms with Crippen molar-refractivity contribution in [2.45, 2.75) is 65.3 Å². The van der Waals surface area contributed by atoms with E-state index in [9.17, 15) is 4.79 Å². The molecule has 0 atom stereocenters. The SMILES string of the molecule is C=C(CCCCCCC[Si](OCC)(OCC)OCC)C(=O)O. The van der Waals surface area contributed by atoms with Crippen LogP contribution in [0.1, 0.15) is 59.3 Å². The summed E-state index contributed by atoms with van der Waals surface area (Å²) in [5.74, 6) is -0.888. The van der Waals surface area contributed by atoms with Crippen LogP contribution in [-0.4, -0.2) is 39.7 Å². The van der Waals surface area contributed by atoms with E-state index in [1.54, 1.807) is 0 Å². The summed E-state index contributed by atoms with van der Waals surface area (Å²) < 4.78 is 17.4. The minimum absolute atomic E-state index is 0.301. The quantitative estimate of drug-likeness (QED) is 0.279. The second-order valence-electron chi connectivity index (χ2n) is 5.16. The number of hydrogen-bond acceptors (Lipinski definition) is 4. The molecule has 0 aromatic rings. The van der Waals surface area contributed by atoms with Gasteiger partial charge >= 0.3 is 14.8 Å². The van der Waals surface area contributed by atoms with Crippen LogP contribution in [0.2, 0.25) is 6.04 Å². The van der Waals surface area contributed by atoms with Crippen LogP contribution in [0.4, 0.5) is 0 Å². The van der Waals surface area contributed by atoms with Crippen molar-refractivity contribution in [3.63, 3.8) is 0 Å². The summed E-state index contributed by atoms with van der Waals surface area (Å²) in [4.78, 5) is 10.6. The summed E-state index contributed by atoms with van der Waals surface area (Å²) in [7, 11) is -2.49. The zero-order valence-corrected chi connectivity index (χ0v) is 15.4. The molecule has 0 aliphatic carbocycles. The maximum atomic E-state index is 10.6. The molecule has 22 heavy (non-hydrogen) atoms. The van der Waals surface area contributed by atoms with E-state index >= 15 is 0 Å². The van der Waals surface area contributed by atoms with Crippen LogP contribution in [0.5, 0.6) is 0 Å². The first kappa shape index (κ1) is 21.3. The molecule has 0 saturated carbocycles. The molecule has 0 aromatic carbocycles. The predicted molar refractivity (Wildman–Crippen MR) is 89.9 cm³/mol. The van der Waals surface area contributed by atoms with Gasteiger partial charge in [-0.2, -0.15) is 0 Å². The third-order valence-corrected chi connectivity index (χ3v) is 6.51. The highest BCUT2D eigenvalue weighted by Gasteiger charge is 2.39. The largest absolute Gasteiger partial charge is 0.500 e. The molecule has 0 bridgehead atoms. The first-order chi connectivity index (χ1) is 10.5. The van der Waals surface area contributed by atoms with Crippen molar-refractivity contribution in [3.05, 3.63) is 12.2 Å². The van der Waals surface area contributed by atoms with E-state index in [2.05, 4.69) is 6.58 Å². The van der Waals surface area contributed by atoms with Crippen LogP contribution in [-0.2, 0) is 18.1 Å². The molecule has 0 spiro atoms. The Morgan fingerprint density at radius 3 is 1.82 bits per heavy atom. The number of carbonyl (C=O) groups is 1. The molecule has 0 rings (SSSR count). The molecule has 0 aliphatic rings. The minimum Gasteiger partial charge on any atom is -0.478 e. The highest BCUT2D eigenvalue weighted by molar-refractivity contribution is 6.60. The summed E-state index contributed by atoms with van der Waals surface area (Å²) in [6.45, 7) is 11.3. The maximum Gasteiger partial charge on any atom is 0.500 e. The van der Waals surface area contributed by atoms with Gasteiger partial charge in [-0.3, -0.25) is 0 Å². The predicted octanol–water partition coefficient (Wildman–Crippen LogP) is 4.02. The Morgan fingerprint density at radius 2 is 1.36 bits per heavy atom. The van der Waals surface area contributed by atoms with Gasteiger partial charge in [-0.1, -0.05) is 25.8 Å². The Kier molecular flexibility index (Phi) is 12.4. The molecule has 0 aliphatic heterocycles. The zero-order valence-electron chi connectivity index (χ0n) is 14.4. The van der Waals surface area contributed by atoms with Crippen molar-refractivity contribution in [1.29, 1.82) is 0 Å². The highest BCUT2D eigenvalue weighted by atomic mass is 28.4. The van der Waals surface area contributed by atoms with E-state index in [1.165, 1.54) is 0 Å². The molecular formula is C16H32O5Si. The van der Waals surface area contributed by atoms with E-state index in [1.807, 2.05) is 20.8 Å². The summed E-state index contributed by atoms with van der Waals surface area (Å²) >= 11 is 0. The van der Waals surface area contributed by atoms with E-state index in [0.717, 1.165) is 38.1 Å². The first-order valence-electron chi connectivity index (χ1n) is 8.34. The highest BCUT2D eigenvalue weighted by Crippen LogP contribution is 2.21. The van der Waals surface area contributed by atoms with Gasteiger partial charge in [0.25, 0.3) is 0 Å². The fourth-order valence-corrected chi connectivity index (χ4v) is 5.00. The Labute approximate surface area is 136 Å². The van der Waals surface area contributed by atoms with Crippen molar-refractivity contribution >= 4 is 14.8 Å². The lowest BCUT2D eigenvalue weighted by Gasteiger charge is -2.28. The number of aliphatic carboxylic acids is 1. The van der Waals surface area contributed by atoms with Gasteiger partial charge in [-0.25, -0.2) is 4.79 Å². The van der Waals surface area contributed by atoms with E-state index in [0.29, 0.717) is 31.8 Å². The lowest BCUT2D eigenvalue weighted by atomic mass is 10.1. The van der Waals surface area contributed by atoms with Gasteiger partial charge < -0.3 is 18.4 Å². The number of unbranched alkanes of at least 4 members (excludes halogenated alkanes) is 4. The maximum absolute atomic E-state index is 10.6. The topological polar surface area (TPSA) is 65.0 Å². The van der Waals surface area contributed by atoms with Gasteiger partial charge in [0.05, 0.1) is 0 Å². The lowest BCUT2D eigenvalue weighted by Crippen LogP contribution is -2.45. The van der Waals surface area contributed by atoms with Crippen LogP contribution in [0.15, 0.2) is 12.2 Å².